The number of hydrogen-bond acceptors (Lipinski definition) is 15. The Hall–Kier alpha value is -4.15. The summed E-state index contributed by atoms with van der Waals surface area (Å²) < 4.78 is 28.2. The molecule has 1 rings (SSSR count). The Balaban J connectivity index is 3.87. The monoisotopic (exact) mass is 822 g/mol. The summed E-state index contributed by atoms with van der Waals surface area (Å²) >= 11 is 0. The van der Waals surface area contributed by atoms with Crippen LogP contribution in [0.15, 0.2) is 24.3 Å². The molecule has 0 aliphatic carbocycles. The Labute approximate surface area is 345 Å². The maximum atomic E-state index is 13.5. The highest BCUT2D eigenvalue weighted by molar-refractivity contribution is 5.76. The van der Waals surface area contributed by atoms with Gasteiger partial charge in [0, 0.05) is 37.3 Å². The van der Waals surface area contributed by atoms with E-state index in [1.54, 1.807) is 138 Å². The van der Waals surface area contributed by atoms with Gasteiger partial charge in [-0.05, 0) is 123 Å². The van der Waals surface area contributed by atoms with Crippen LogP contribution in [0.3, 0.4) is 0 Å². The molecule has 1 aromatic rings. The summed E-state index contributed by atoms with van der Waals surface area (Å²) in [6.45, 7) is 26.4. The molecule has 16 heteroatoms. The molecule has 0 heterocycles. The maximum Gasteiger partial charge on any atom is 0.320 e. The number of esters is 5. The first-order chi connectivity index (χ1) is 26.1. The van der Waals surface area contributed by atoms with E-state index in [0.717, 1.165) is 0 Å². The Morgan fingerprint density at radius 1 is 0.534 bits per heavy atom. The molecule has 0 amide bonds. The fourth-order valence-corrected chi connectivity index (χ4v) is 5.72. The average Bonchev–Trinajstić information content (AvgIpc) is 2.95. The fraction of sp³-hybridized carbons (Fsp3) is 0.738. The van der Waals surface area contributed by atoms with Crippen molar-refractivity contribution < 1.29 is 52.6 Å². The van der Waals surface area contributed by atoms with E-state index in [0.29, 0.717) is 5.56 Å². The molecule has 330 valence electrons. The molecule has 2 atom stereocenters. The van der Waals surface area contributed by atoms with Crippen LogP contribution in [0.5, 0.6) is 0 Å². The molecule has 1 aromatic carbocycles. The van der Waals surface area contributed by atoms with Crippen molar-refractivity contribution in [1.29, 1.82) is 0 Å². The van der Waals surface area contributed by atoms with E-state index in [-0.39, 0.29) is 57.9 Å². The molecule has 0 N–H and O–H groups in total. The molecule has 0 spiro atoms. The standard InChI is InChI=1S/C42H70N4O12/c1-29(44(25-34(48)55-39(5,6)7)26-35(49)56-40(8,9)10)22-43(24-33(47)54-38(2,3)4)23-32(21-30-17-19-31(20-18-30)46(52)53)45(27-36(50)57-41(11,12)13)28-37(51)58-42(14,15)16/h17-20,29,32H,21-28H2,1-16H3. The Morgan fingerprint density at radius 3 is 1.16 bits per heavy atom. The minimum atomic E-state index is -0.841. The lowest BCUT2D eigenvalue weighted by molar-refractivity contribution is -0.384. The number of rotatable bonds is 19. The highest BCUT2D eigenvalue weighted by atomic mass is 16.6. The number of non-ortho nitro benzene ring substituents is 1. The third-order valence-corrected chi connectivity index (χ3v) is 7.53. The predicted molar refractivity (Wildman–Crippen MR) is 219 cm³/mol. The van der Waals surface area contributed by atoms with Crippen LogP contribution < -0.4 is 0 Å². The van der Waals surface area contributed by atoms with E-state index in [4.69, 9.17) is 23.7 Å². The lowest BCUT2D eigenvalue weighted by Crippen LogP contribution is -2.54. The molecular formula is C42H70N4O12. The summed E-state index contributed by atoms with van der Waals surface area (Å²) in [4.78, 5) is 82.6. The van der Waals surface area contributed by atoms with Crippen LogP contribution in [0, 0.1) is 10.1 Å². The highest BCUT2D eigenvalue weighted by Gasteiger charge is 2.33. The number of nitro benzene ring substituents is 1. The van der Waals surface area contributed by atoms with Crippen molar-refractivity contribution in [2.45, 2.75) is 157 Å². The number of nitro groups is 1. The van der Waals surface area contributed by atoms with E-state index in [9.17, 15) is 34.1 Å². The van der Waals surface area contributed by atoms with Crippen molar-refractivity contribution in [2.75, 3.05) is 45.8 Å². The molecule has 0 aliphatic heterocycles. The van der Waals surface area contributed by atoms with Gasteiger partial charge in [-0.2, -0.15) is 0 Å². The molecule has 0 radical (unpaired) electrons. The lowest BCUT2D eigenvalue weighted by Gasteiger charge is -2.38. The van der Waals surface area contributed by atoms with Gasteiger partial charge in [-0.15, -0.1) is 0 Å². The highest BCUT2D eigenvalue weighted by Crippen LogP contribution is 2.20. The Kier molecular flexibility index (Phi) is 19.0. The van der Waals surface area contributed by atoms with E-state index in [2.05, 4.69) is 0 Å². The van der Waals surface area contributed by atoms with Crippen LogP contribution in [0.1, 0.15) is 116 Å². The van der Waals surface area contributed by atoms with Crippen LogP contribution in [-0.4, -0.2) is 135 Å². The first-order valence-corrected chi connectivity index (χ1v) is 19.6. The van der Waals surface area contributed by atoms with Gasteiger partial charge in [0.2, 0.25) is 0 Å². The van der Waals surface area contributed by atoms with Gasteiger partial charge in [-0.1, -0.05) is 12.1 Å². The zero-order chi connectivity index (χ0) is 45.0. The normalized spacial score (nSPS) is 13.8. The second kappa shape index (κ2) is 21.2. The Bertz CT molecular complexity index is 1480. The van der Waals surface area contributed by atoms with Crippen molar-refractivity contribution in [2.24, 2.45) is 0 Å². The largest absolute Gasteiger partial charge is 0.459 e. The summed E-state index contributed by atoms with van der Waals surface area (Å²) in [6, 6.07) is 4.63. The molecule has 0 saturated heterocycles. The number of benzene rings is 1. The van der Waals surface area contributed by atoms with Crippen molar-refractivity contribution in [3.63, 3.8) is 0 Å². The van der Waals surface area contributed by atoms with Gasteiger partial charge >= 0.3 is 29.8 Å². The van der Waals surface area contributed by atoms with Gasteiger partial charge in [0.05, 0.1) is 37.6 Å². The summed E-state index contributed by atoms with van der Waals surface area (Å²) in [7, 11) is 0. The minimum absolute atomic E-state index is 0.0406. The topological polar surface area (TPSA) is 184 Å². The fourth-order valence-electron chi connectivity index (χ4n) is 5.72. The van der Waals surface area contributed by atoms with Gasteiger partial charge in [-0.3, -0.25) is 48.8 Å². The average molecular weight is 823 g/mol. The van der Waals surface area contributed by atoms with Gasteiger partial charge in [-0.25, -0.2) is 0 Å². The number of hydrogen-bond donors (Lipinski definition) is 0. The van der Waals surface area contributed by atoms with Crippen LogP contribution >= 0.6 is 0 Å². The number of nitrogens with zero attached hydrogens (tertiary/aromatic N) is 4. The zero-order valence-electron chi connectivity index (χ0n) is 37.8. The summed E-state index contributed by atoms with van der Waals surface area (Å²) in [5.74, 6) is -2.93. The second-order valence-corrected chi connectivity index (χ2v) is 19.6. The van der Waals surface area contributed by atoms with Crippen LogP contribution in [0.2, 0.25) is 0 Å². The smallest absolute Gasteiger partial charge is 0.320 e. The van der Waals surface area contributed by atoms with Gasteiger partial charge in [0.25, 0.3) is 5.69 Å². The van der Waals surface area contributed by atoms with Crippen molar-refractivity contribution in [3.8, 4) is 0 Å². The molecule has 2 unspecified atom stereocenters. The van der Waals surface area contributed by atoms with E-state index >= 15 is 0 Å². The molecule has 16 nitrogen and oxygen atoms in total. The quantitative estimate of drug-likeness (QED) is 0.0736. The number of ether oxygens (including phenoxy) is 5. The molecule has 58 heavy (non-hydrogen) atoms. The third-order valence-electron chi connectivity index (χ3n) is 7.53. The maximum absolute atomic E-state index is 13.5. The van der Waals surface area contributed by atoms with Crippen molar-refractivity contribution in [1.82, 2.24) is 14.7 Å². The molecule has 0 aliphatic rings. The number of carbonyl (C=O) groups excluding carboxylic acids is 5. The number of carbonyl (C=O) groups is 5. The van der Waals surface area contributed by atoms with Gasteiger partial charge < -0.3 is 23.7 Å². The first kappa shape index (κ1) is 51.9. The molecule has 0 bridgehead atoms. The SMILES string of the molecule is CC(CN(CC(=O)OC(C)(C)C)CC(Cc1ccc([N+](=O)[O-])cc1)N(CC(=O)OC(C)(C)C)CC(=O)OC(C)(C)C)N(CC(=O)OC(C)(C)C)CC(=O)OC(C)(C)C. The second-order valence-electron chi connectivity index (χ2n) is 19.6. The predicted octanol–water partition coefficient (Wildman–Crippen LogP) is 5.51. The lowest BCUT2D eigenvalue weighted by atomic mass is 10.0. The zero-order valence-corrected chi connectivity index (χ0v) is 37.8. The van der Waals surface area contributed by atoms with Crippen LogP contribution in [-0.2, 0) is 54.1 Å². The molecule has 0 aromatic heterocycles. The molecular weight excluding hydrogens is 752 g/mol. The van der Waals surface area contributed by atoms with E-state index in [1.807, 2.05) is 0 Å². The van der Waals surface area contributed by atoms with Crippen molar-refractivity contribution in [3.05, 3.63) is 39.9 Å². The molecule has 0 fully saturated rings. The summed E-state index contributed by atoms with van der Waals surface area (Å²) in [5, 5.41) is 11.5. The van der Waals surface area contributed by atoms with Crippen molar-refractivity contribution >= 4 is 35.5 Å². The Morgan fingerprint density at radius 2 is 0.845 bits per heavy atom. The van der Waals surface area contributed by atoms with E-state index in [1.165, 1.54) is 12.1 Å². The van der Waals surface area contributed by atoms with Gasteiger partial charge in [0.15, 0.2) is 0 Å². The minimum Gasteiger partial charge on any atom is -0.459 e. The van der Waals surface area contributed by atoms with Crippen LogP contribution in [0.25, 0.3) is 0 Å². The first-order valence-electron chi connectivity index (χ1n) is 19.6. The van der Waals surface area contributed by atoms with E-state index < -0.39 is 74.9 Å². The summed E-state index contributed by atoms with van der Waals surface area (Å²) in [5.41, 5.74) is -3.56. The van der Waals surface area contributed by atoms with Gasteiger partial charge in [0.1, 0.15) is 28.0 Å². The third kappa shape index (κ3) is 23.9. The summed E-state index contributed by atoms with van der Waals surface area (Å²) in [6.07, 6.45) is 0.169. The molecule has 0 saturated carbocycles. The van der Waals surface area contributed by atoms with Crippen LogP contribution in [0.4, 0.5) is 5.69 Å².